The SMILES string of the molecule is Cc1cccc(OCCCC(=O)O)c1N(C)C(=O)c1ccc(Cl)c(B2OC(C)(C)C(C)(C)O2)c1. The van der Waals surface area contributed by atoms with Gasteiger partial charge in [-0.2, -0.15) is 0 Å². The summed E-state index contributed by atoms with van der Waals surface area (Å²) in [6.07, 6.45) is 0.386. The number of carbonyl (C=O) groups excluding carboxylic acids is 1. The Bertz CT molecular complexity index is 1070. The number of hydrogen-bond donors (Lipinski definition) is 1. The van der Waals surface area contributed by atoms with Gasteiger partial charge in [0.2, 0.25) is 0 Å². The fourth-order valence-electron chi connectivity index (χ4n) is 3.71. The van der Waals surface area contributed by atoms with Crippen molar-refractivity contribution in [3.8, 4) is 5.75 Å². The second-order valence-electron chi connectivity index (χ2n) is 9.46. The summed E-state index contributed by atoms with van der Waals surface area (Å²) >= 11 is 6.46. The minimum absolute atomic E-state index is 0.0163. The molecule has 3 rings (SSSR count). The molecule has 0 atom stereocenters. The summed E-state index contributed by atoms with van der Waals surface area (Å²) in [6, 6.07) is 10.5. The molecule has 1 amide bonds. The molecule has 0 radical (unpaired) electrons. The van der Waals surface area contributed by atoms with Crippen LogP contribution in [0.5, 0.6) is 5.75 Å². The van der Waals surface area contributed by atoms with Crippen LogP contribution in [0.4, 0.5) is 5.69 Å². The van der Waals surface area contributed by atoms with Gasteiger partial charge in [0.25, 0.3) is 5.91 Å². The van der Waals surface area contributed by atoms with Crippen molar-refractivity contribution in [2.75, 3.05) is 18.6 Å². The number of nitrogens with zero attached hydrogens (tertiary/aromatic N) is 1. The maximum atomic E-state index is 13.5. The molecule has 1 fully saturated rings. The van der Waals surface area contributed by atoms with Crippen molar-refractivity contribution in [2.45, 2.75) is 58.7 Å². The van der Waals surface area contributed by atoms with Crippen molar-refractivity contribution in [1.82, 2.24) is 0 Å². The predicted molar refractivity (Wildman–Crippen MR) is 133 cm³/mol. The number of halogens is 1. The van der Waals surface area contributed by atoms with E-state index in [1.165, 1.54) is 4.90 Å². The monoisotopic (exact) mass is 487 g/mol. The van der Waals surface area contributed by atoms with Gasteiger partial charge >= 0.3 is 13.1 Å². The third kappa shape index (κ3) is 5.40. The van der Waals surface area contributed by atoms with Crippen LogP contribution in [-0.4, -0.2) is 49.0 Å². The van der Waals surface area contributed by atoms with Gasteiger partial charge in [0.15, 0.2) is 0 Å². The van der Waals surface area contributed by atoms with Crippen LogP contribution < -0.4 is 15.1 Å². The molecule has 0 aliphatic carbocycles. The highest BCUT2D eigenvalue weighted by Gasteiger charge is 2.52. The third-order valence-corrected chi connectivity index (χ3v) is 6.73. The number of benzene rings is 2. The topological polar surface area (TPSA) is 85.3 Å². The highest BCUT2D eigenvalue weighted by atomic mass is 35.5. The number of para-hydroxylation sites is 1. The summed E-state index contributed by atoms with van der Waals surface area (Å²) in [7, 11) is 0.986. The van der Waals surface area contributed by atoms with Crippen LogP contribution >= 0.6 is 11.6 Å². The normalized spacial score (nSPS) is 16.4. The van der Waals surface area contributed by atoms with E-state index in [9.17, 15) is 9.59 Å². The molecule has 7 nitrogen and oxygen atoms in total. The average Bonchev–Trinajstić information content (AvgIpc) is 2.97. The van der Waals surface area contributed by atoms with E-state index in [4.69, 9.17) is 30.8 Å². The lowest BCUT2D eigenvalue weighted by Crippen LogP contribution is -2.41. The molecule has 182 valence electrons. The molecule has 0 saturated carbocycles. The summed E-state index contributed by atoms with van der Waals surface area (Å²) < 4.78 is 18.1. The molecule has 1 heterocycles. The lowest BCUT2D eigenvalue weighted by Gasteiger charge is -2.32. The zero-order valence-electron chi connectivity index (χ0n) is 20.5. The van der Waals surface area contributed by atoms with Crippen LogP contribution in [0.3, 0.4) is 0 Å². The summed E-state index contributed by atoms with van der Waals surface area (Å²) in [5, 5.41) is 9.29. The Morgan fingerprint density at radius 2 is 1.76 bits per heavy atom. The van der Waals surface area contributed by atoms with Gasteiger partial charge < -0.3 is 24.1 Å². The standard InChI is InChI=1S/C25H31BClNO6/c1-16-9-7-10-20(32-14-8-11-21(29)30)22(16)28(6)23(31)17-12-13-19(27)18(15-17)26-33-24(2,3)25(4,5)34-26/h7,9-10,12-13,15H,8,11,14H2,1-6H3,(H,29,30). The Labute approximate surface area is 206 Å². The van der Waals surface area contributed by atoms with Crippen molar-refractivity contribution >= 4 is 41.7 Å². The lowest BCUT2D eigenvalue weighted by molar-refractivity contribution is -0.137. The van der Waals surface area contributed by atoms with E-state index >= 15 is 0 Å². The Morgan fingerprint density at radius 3 is 2.38 bits per heavy atom. The molecule has 2 aromatic rings. The van der Waals surface area contributed by atoms with Gasteiger partial charge in [-0.25, -0.2) is 0 Å². The van der Waals surface area contributed by atoms with Crippen LogP contribution in [-0.2, 0) is 14.1 Å². The van der Waals surface area contributed by atoms with Gasteiger partial charge in [-0.1, -0.05) is 23.7 Å². The molecule has 1 saturated heterocycles. The molecule has 0 bridgehead atoms. The number of anilines is 1. The van der Waals surface area contributed by atoms with E-state index in [2.05, 4.69) is 0 Å². The second kappa shape index (κ2) is 9.98. The Balaban J connectivity index is 1.86. The van der Waals surface area contributed by atoms with Crippen LogP contribution in [0, 0.1) is 6.92 Å². The first-order valence-corrected chi connectivity index (χ1v) is 11.6. The van der Waals surface area contributed by atoms with Crippen molar-refractivity contribution < 1.29 is 28.7 Å². The zero-order chi connectivity index (χ0) is 25.3. The molecule has 9 heteroatoms. The molecule has 1 aliphatic rings. The first-order valence-electron chi connectivity index (χ1n) is 11.2. The number of carbonyl (C=O) groups is 2. The number of hydrogen-bond acceptors (Lipinski definition) is 5. The molecule has 1 aliphatic heterocycles. The van der Waals surface area contributed by atoms with Gasteiger partial charge in [0, 0.05) is 29.5 Å². The molecule has 34 heavy (non-hydrogen) atoms. The van der Waals surface area contributed by atoms with Crippen LogP contribution in [0.25, 0.3) is 0 Å². The molecule has 0 spiro atoms. The highest BCUT2D eigenvalue weighted by molar-refractivity contribution is 6.65. The summed E-state index contributed by atoms with van der Waals surface area (Å²) in [5.41, 5.74) is 1.42. The second-order valence-corrected chi connectivity index (χ2v) is 9.86. The fourth-order valence-corrected chi connectivity index (χ4v) is 3.91. The third-order valence-electron chi connectivity index (χ3n) is 6.38. The van der Waals surface area contributed by atoms with Crippen LogP contribution in [0.1, 0.15) is 56.5 Å². The zero-order valence-corrected chi connectivity index (χ0v) is 21.2. The van der Waals surface area contributed by atoms with Crippen molar-refractivity contribution in [1.29, 1.82) is 0 Å². The number of carboxylic acids is 1. The smallest absolute Gasteiger partial charge is 0.491 e. The molecule has 0 unspecified atom stereocenters. The highest BCUT2D eigenvalue weighted by Crippen LogP contribution is 2.37. The minimum atomic E-state index is -0.874. The molecule has 0 aromatic heterocycles. The molecular weight excluding hydrogens is 457 g/mol. The van der Waals surface area contributed by atoms with E-state index in [-0.39, 0.29) is 18.9 Å². The molecule has 2 aromatic carbocycles. The average molecular weight is 488 g/mol. The van der Waals surface area contributed by atoms with Crippen molar-refractivity contribution in [2.24, 2.45) is 0 Å². The van der Waals surface area contributed by atoms with Gasteiger partial charge in [0.1, 0.15) is 5.75 Å². The number of carboxylic acid groups (broad SMARTS) is 1. The largest absolute Gasteiger partial charge is 0.496 e. The van der Waals surface area contributed by atoms with Crippen LogP contribution in [0.2, 0.25) is 5.02 Å². The number of rotatable bonds is 8. The quantitative estimate of drug-likeness (QED) is 0.437. The van der Waals surface area contributed by atoms with E-state index in [0.717, 1.165) is 5.56 Å². The van der Waals surface area contributed by atoms with E-state index in [1.807, 2.05) is 46.8 Å². The Morgan fingerprint density at radius 1 is 1.12 bits per heavy atom. The maximum Gasteiger partial charge on any atom is 0.496 e. The van der Waals surface area contributed by atoms with Crippen LogP contribution in [0.15, 0.2) is 36.4 Å². The lowest BCUT2D eigenvalue weighted by atomic mass is 9.78. The number of aliphatic carboxylic acids is 1. The van der Waals surface area contributed by atoms with Gasteiger partial charge in [-0.05, 0) is 70.9 Å². The van der Waals surface area contributed by atoms with Gasteiger partial charge in [-0.3, -0.25) is 9.59 Å². The molecular formula is C25H31BClNO6. The Hall–Kier alpha value is -2.55. The fraction of sp³-hybridized carbons (Fsp3) is 0.440. The first-order chi connectivity index (χ1) is 15.8. The van der Waals surface area contributed by atoms with E-state index < -0.39 is 24.3 Å². The summed E-state index contributed by atoms with van der Waals surface area (Å²) in [5.74, 6) is -0.610. The van der Waals surface area contributed by atoms with E-state index in [1.54, 1.807) is 31.3 Å². The number of aryl methyl sites for hydroxylation is 1. The van der Waals surface area contributed by atoms with Crippen molar-refractivity contribution in [3.63, 3.8) is 0 Å². The maximum absolute atomic E-state index is 13.5. The summed E-state index contributed by atoms with van der Waals surface area (Å²) in [4.78, 5) is 25.8. The molecule has 1 N–H and O–H groups in total. The number of ether oxygens (including phenoxy) is 1. The predicted octanol–water partition coefficient (Wildman–Crippen LogP) is 4.47. The van der Waals surface area contributed by atoms with Gasteiger partial charge in [-0.15, -0.1) is 0 Å². The number of amides is 1. The first kappa shape index (κ1) is 26.1. The minimum Gasteiger partial charge on any atom is -0.491 e. The van der Waals surface area contributed by atoms with Crippen molar-refractivity contribution in [3.05, 3.63) is 52.5 Å². The van der Waals surface area contributed by atoms with Gasteiger partial charge in [0.05, 0.1) is 23.5 Å². The summed E-state index contributed by atoms with van der Waals surface area (Å²) in [6.45, 7) is 9.96. The van der Waals surface area contributed by atoms with E-state index in [0.29, 0.717) is 33.9 Å². The Kier molecular flexibility index (Phi) is 7.65.